The second kappa shape index (κ2) is 6.68. The molecule has 1 amide bonds. The van der Waals surface area contributed by atoms with Crippen molar-refractivity contribution in [2.45, 2.75) is 19.9 Å². The monoisotopic (exact) mass is 285 g/mol. The maximum atomic E-state index is 12.1. The van der Waals surface area contributed by atoms with Crippen LogP contribution in [0.4, 0.5) is 0 Å². The molecule has 0 aromatic carbocycles. The van der Waals surface area contributed by atoms with E-state index in [-0.39, 0.29) is 18.6 Å². The van der Waals surface area contributed by atoms with Gasteiger partial charge in [-0.1, -0.05) is 11.8 Å². The van der Waals surface area contributed by atoms with E-state index in [4.69, 9.17) is 9.52 Å². The van der Waals surface area contributed by atoms with Gasteiger partial charge < -0.3 is 14.8 Å². The van der Waals surface area contributed by atoms with Crippen LogP contribution in [0.5, 0.6) is 0 Å². The molecular formula is C15H15N3O3. The zero-order valence-corrected chi connectivity index (χ0v) is 11.8. The number of nitrogens with one attached hydrogen (secondary N) is 1. The van der Waals surface area contributed by atoms with Gasteiger partial charge in [-0.3, -0.25) is 9.78 Å². The SMILES string of the molecule is Cc1cnc(C(C)NC(=O)c2cncc(C#CCO)c2)o1. The van der Waals surface area contributed by atoms with Gasteiger partial charge in [0.05, 0.1) is 11.8 Å². The molecule has 1 unspecified atom stereocenters. The second-order valence-electron chi connectivity index (χ2n) is 4.43. The molecule has 1 atom stereocenters. The summed E-state index contributed by atoms with van der Waals surface area (Å²) < 4.78 is 5.37. The third kappa shape index (κ3) is 3.91. The predicted octanol–water partition coefficient (Wildman–Crippen LogP) is 1.21. The summed E-state index contributed by atoms with van der Waals surface area (Å²) in [7, 11) is 0. The van der Waals surface area contributed by atoms with E-state index in [0.717, 1.165) is 0 Å². The summed E-state index contributed by atoms with van der Waals surface area (Å²) in [5.74, 6) is 6.06. The lowest BCUT2D eigenvalue weighted by Gasteiger charge is -2.10. The molecular weight excluding hydrogens is 270 g/mol. The molecule has 2 heterocycles. The second-order valence-corrected chi connectivity index (χ2v) is 4.43. The van der Waals surface area contributed by atoms with Crippen LogP contribution in [-0.4, -0.2) is 27.6 Å². The van der Waals surface area contributed by atoms with Crippen molar-refractivity contribution in [2.24, 2.45) is 0 Å². The van der Waals surface area contributed by atoms with E-state index in [1.807, 2.05) is 0 Å². The first-order valence-electron chi connectivity index (χ1n) is 6.38. The Kier molecular flexibility index (Phi) is 4.69. The van der Waals surface area contributed by atoms with Crippen LogP contribution >= 0.6 is 0 Å². The van der Waals surface area contributed by atoms with Crippen molar-refractivity contribution in [1.82, 2.24) is 15.3 Å². The normalized spacial score (nSPS) is 11.4. The predicted molar refractivity (Wildman–Crippen MR) is 75.3 cm³/mol. The number of carbonyl (C=O) groups excluding carboxylic acids is 1. The van der Waals surface area contributed by atoms with Gasteiger partial charge in [-0.25, -0.2) is 4.98 Å². The number of nitrogens with zero attached hydrogens (tertiary/aromatic N) is 2. The Morgan fingerprint density at radius 2 is 2.29 bits per heavy atom. The number of amides is 1. The van der Waals surface area contributed by atoms with Crippen LogP contribution in [0.1, 0.15) is 40.5 Å². The number of carbonyl (C=O) groups is 1. The molecule has 2 aromatic heterocycles. The summed E-state index contributed by atoms with van der Waals surface area (Å²) in [6, 6.07) is 1.26. The van der Waals surface area contributed by atoms with Crippen molar-refractivity contribution in [2.75, 3.05) is 6.61 Å². The van der Waals surface area contributed by atoms with Crippen LogP contribution in [0.2, 0.25) is 0 Å². The van der Waals surface area contributed by atoms with Gasteiger partial charge in [0.25, 0.3) is 5.91 Å². The van der Waals surface area contributed by atoms with Crippen molar-refractivity contribution in [3.05, 3.63) is 47.4 Å². The minimum atomic E-state index is -0.349. The summed E-state index contributed by atoms with van der Waals surface area (Å²) >= 11 is 0. The maximum Gasteiger partial charge on any atom is 0.253 e. The lowest BCUT2D eigenvalue weighted by Crippen LogP contribution is -2.27. The molecule has 2 N–H and O–H groups in total. The topological polar surface area (TPSA) is 88.2 Å². The molecule has 2 aromatic rings. The summed E-state index contributed by atoms with van der Waals surface area (Å²) in [6.07, 6.45) is 4.58. The number of aromatic nitrogens is 2. The number of hydrogen-bond donors (Lipinski definition) is 2. The molecule has 0 fully saturated rings. The fourth-order valence-corrected chi connectivity index (χ4v) is 1.69. The lowest BCUT2D eigenvalue weighted by atomic mass is 10.2. The van der Waals surface area contributed by atoms with E-state index in [1.165, 1.54) is 12.4 Å². The zero-order chi connectivity index (χ0) is 15.2. The first-order chi connectivity index (χ1) is 10.1. The van der Waals surface area contributed by atoms with Crippen LogP contribution < -0.4 is 5.32 Å². The fourth-order valence-electron chi connectivity index (χ4n) is 1.69. The molecule has 0 aliphatic heterocycles. The quantitative estimate of drug-likeness (QED) is 0.828. The lowest BCUT2D eigenvalue weighted by molar-refractivity contribution is 0.0933. The average molecular weight is 285 g/mol. The molecule has 0 bridgehead atoms. The minimum absolute atomic E-state index is 0.239. The number of oxazole rings is 1. The highest BCUT2D eigenvalue weighted by molar-refractivity contribution is 5.94. The Labute approximate surface area is 122 Å². The van der Waals surface area contributed by atoms with Crippen molar-refractivity contribution in [3.8, 4) is 11.8 Å². The largest absolute Gasteiger partial charge is 0.444 e. The van der Waals surface area contributed by atoms with Crippen LogP contribution in [0.3, 0.4) is 0 Å². The number of pyridine rings is 1. The number of aliphatic hydroxyl groups is 1. The molecule has 2 rings (SSSR count). The molecule has 0 saturated carbocycles. The fraction of sp³-hybridized carbons (Fsp3) is 0.267. The third-order valence-electron chi connectivity index (χ3n) is 2.67. The van der Waals surface area contributed by atoms with E-state index in [2.05, 4.69) is 27.1 Å². The Balaban J connectivity index is 2.09. The van der Waals surface area contributed by atoms with Crippen LogP contribution in [0.15, 0.2) is 29.1 Å². The highest BCUT2D eigenvalue weighted by atomic mass is 16.4. The highest BCUT2D eigenvalue weighted by Crippen LogP contribution is 2.13. The van der Waals surface area contributed by atoms with Gasteiger partial charge in [0, 0.05) is 18.0 Å². The summed E-state index contributed by atoms with van der Waals surface area (Å²) in [4.78, 5) is 20.2. The molecule has 6 heteroatoms. The van der Waals surface area contributed by atoms with Crippen molar-refractivity contribution in [3.63, 3.8) is 0 Å². The zero-order valence-electron chi connectivity index (χ0n) is 11.8. The standard InChI is InChI=1S/C15H15N3O3/c1-10-7-17-15(21-10)11(2)18-14(20)13-6-12(4-3-5-19)8-16-9-13/h6-9,11,19H,5H2,1-2H3,(H,18,20). The highest BCUT2D eigenvalue weighted by Gasteiger charge is 2.15. The third-order valence-corrected chi connectivity index (χ3v) is 2.67. The number of rotatable bonds is 3. The Bertz CT molecular complexity index is 697. The maximum absolute atomic E-state index is 12.1. The first-order valence-corrected chi connectivity index (χ1v) is 6.38. The van der Waals surface area contributed by atoms with Crippen molar-refractivity contribution in [1.29, 1.82) is 0 Å². The molecule has 0 spiro atoms. The number of aryl methyl sites for hydroxylation is 1. The van der Waals surface area contributed by atoms with Gasteiger partial charge in [-0.15, -0.1) is 0 Å². The Morgan fingerprint density at radius 1 is 1.48 bits per heavy atom. The van der Waals surface area contributed by atoms with Crippen molar-refractivity contribution < 1.29 is 14.3 Å². The van der Waals surface area contributed by atoms with Gasteiger partial charge in [-0.2, -0.15) is 0 Å². The average Bonchev–Trinajstić information content (AvgIpc) is 2.92. The first kappa shape index (κ1) is 14.8. The molecule has 0 radical (unpaired) electrons. The van der Waals surface area contributed by atoms with E-state index in [9.17, 15) is 4.79 Å². The molecule has 108 valence electrons. The van der Waals surface area contributed by atoms with Crippen LogP contribution in [0, 0.1) is 18.8 Å². The summed E-state index contributed by atoms with van der Waals surface area (Å²) in [6.45, 7) is 3.33. The van der Waals surface area contributed by atoms with Crippen LogP contribution in [-0.2, 0) is 0 Å². The molecule has 0 aliphatic rings. The molecule has 6 nitrogen and oxygen atoms in total. The number of aliphatic hydroxyl groups excluding tert-OH is 1. The van der Waals surface area contributed by atoms with Crippen molar-refractivity contribution >= 4 is 5.91 Å². The molecule has 0 saturated heterocycles. The Morgan fingerprint density at radius 3 is 2.95 bits per heavy atom. The van der Waals surface area contributed by atoms with Gasteiger partial charge in [0.15, 0.2) is 0 Å². The van der Waals surface area contributed by atoms with E-state index in [1.54, 1.807) is 26.1 Å². The van der Waals surface area contributed by atoms with Gasteiger partial charge >= 0.3 is 0 Å². The van der Waals surface area contributed by atoms with Gasteiger partial charge in [0.2, 0.25) is 5.89 Å². The van der Waals surface area contributed by atoms with E-state index in [0.29, 0.717) is 22.8 Å². The van der Waals surface area contributed by atoms with E-state index < -0.39 is 0 Å². The van der Waals surface area contributed by atoms with Gasteiger partial charge in [0.1, 0.15) is 18.4 Å². The minimum Gasteiger partial charge on any atom is -0.444 e. The smallest absolute Gasteiger partial charge is 0.253 e. The Hall–Kier alpha value is -2.65. The van der Waals surface area contributed by atoms with E-state index >= 15 is 0 Å². The number of hydrogen-bond acceptors (Lipinski definition) is 5. The van der Waals surface area contributed by atoms with Gasteiger partial charge in [-0.05, 0) is 19.9 Å². The summed E-state index contributed by atoms with van der Waals surface area (Å²) in [5, 5.41) is 11.4. The molecule has 0 aliphatic carbocycles. The molecule has 21 heavy (non-hydrogen) atoms. The van der Waals surface area contributed by atoms with Crippen LogP contribution in [0.25, 0.3) is 0 Å². The summed E-state index contributed by atoms with van der Waals surface area (Å²) in [5.41, 5.74) is 0.950.